The zero-order valence-corrected chi connectivity index (χ0v) is 21.7. The smallest absolute Gasteiger partial charge is 0.361 e. The van der Waals surface area contributed by atoms with Gasteiger partial charge in [-0.05, 0) is 47.9 Å². The Labute approximate surface area is 232 Å². The molecule has 1 saturated heterocycles. The van der Waals surface area contributed by atoms with Crippen LogP contribution < -0.4 is 0 Å². The number of fused-ring (bicyclic) bond motifs is 1. The topological polar surface area (TPSA) is 52.2 Å². The average molecular weight is 573 g/mol. The molecule has 0 spiro atoms. The van der Waals surface area contributed by atoms with Crippen LogP contribution >= 0.6 is 0 Å². The lowest BCUT2D eigenvalue weighted by molar-refractivity contribution is -0.143. The molecule has 0 saturated carbocycles. The van der Waals surface area contributed by atoms with E-state index in [0.717, 1.165) is 22.0 Å². The van der Waals surface area contributed by atoms with E-state index in [1.165, 1.54) is 4.90 Å². The van der Waals surface area contributed by atoms with Crippen LogP contribution in [0.25, 0.3) is 17.0 Å². The second kappa shape index (κ2) is 11.4. The predicted molar refractivity (Wildman–Crippen MR) is 143 cm³/mol. The van der Waals surface area contributed by atoms with Crippen molar-refractivity contribution in [3.8, 4) is 0 Å². The molecule has 1 fully saturated rings. The molecular weight excluding hydrogens is 546 g/mol. The molecule has 1 aliphatic rings. The Morgan fingerprint density at radius 3 is 2.39 bits per heavy atom. The SMILES string of the molecule is O=C(c1cc(C(F)(F)F)cc(C(F)(F)F)c1)N1CCN(CC=Cc2cccnc2)C[C@H]1Cc1c[nH]c2ccccc12. The van der Waals surface area contributed by atoms with Gasteiger partial charge in [-0.1, -0.05) is 36.4 Å². The van der Waals surface area contributed by atoms with E-state index in [0.29, 0.717) is 38.2 Å². The van der Waals surface area contributed by atoms with Crippen LogP contribution in [0.5, 0.6) is 0 Å². The number of benzene rings is 2. The Morgan fingerprint density at radius 1 is 0.976 bits per heavy atom. The maximum Gasteiger partial charge on any atom is 0.416 e. The minimum Gasteiger partial charge on any atom is -0.361 e. The molecule has 2 aromatic carbocycles. The van der Waals surface area contributed by atoms with Gasteiger partial charge in [0.2, 0.25) is 0 Å². The van der Waals surface area contributed by atoms with Gasteiger partial charge in [0.05, 0.1) is 11.1 Å². The molecule has 3 heterocycles. The maximum absolute atomic E-state index is 13.6. The molecule has 0 radical (unpaired) electrons. The summed E-state index contributed by atoms with van der Waals surface area (Å²) >= 11 is 0. The van der Waals surface area contributed by atoms with Crippen molar-refractivity contribution < 1.29 is 31.1 Å². The first kappa shape index (κ1) is 28.4. The maximum atomic E-state index is 13.6. The van der Waals surface area contributed by atoms with Gasteiger partial charge >= 0.3 is 12.4 Å². The highest BCUT2D eigenvalue weighted by Crippen LogP contribution is 2.37. The number of piperazine rings is 1. The van der Waals surface area contributed by atoms with Crippen molar-refractivity contribution in [2.24, 2.45) is 0 Å². The van der Waals surface area contributed by atoms with Crippen LogP contribution in [0.3, 0.4) is 0 Å². The van der Waals surface area contributed by atoms with E-state index in [2.05, 4.69) is 14.9 Å². The number of rotatable bonds is 6. The predicted octanol–water partition coefficient (Wildman–Crippen LogP) is 6.68. The third kappa shape index (κ3) is 6.62. The van der Waals surface area contributed by atoms with E-state index >= 15 is 0 Å². The average Bonchev–Trinajstić information content (AvgIpc) is 3.35. The summed E-state index contributed by atoms with van der Waals surface area (Å²) in [5.41, 5.74) is -0.954. The summed E-state index contributed by atoms with van der Waals surface area (Å²) in [5, 5.41) is 0.937. The number of nitrogens with zero attached hydrogens (tertiary/aromatic N) is 3. The molecule has 5 nitrogen and oxygen atoms in total. The number of para-hydroxylation sites is 1. The van der Waals surface area contributed by atoms with Crippen LogP contribution in [-0.4, -0.2) is 57.9 Å². The molecule has 5 rings (SSSR count). The van der Waals surface area contributed by atoms with Gasteiger partial charge < -0.3 is 9.88 Å². The fourth-order valence-corrected chi connectivity index (χ4v) is 5.14. The van der Waals surface area contributed by atoms with Crippen molar-refractivity contribution in [3.63, 3.8) is 0 Å². The third-order valence-corrected chi connectivity index (χ3v) is 7.15. The largest absolute Gasteiger partial charge is 0.416 e. The molecule has 1 atom stereocenters. The monoisotopic (exact) mass is 572 g/mol. The van der Waals surface area contributed by atoms with Gasteiger partial charge in [-0.15, -0.1) is 0 Å². The summed E-state index contributed by atoms with van der Waals surface area (Å²) in [6.07, 6.45) is -0.634. The van der Waals surface area contributed by atoms with Crippen LogP contribution in [0.2, 0.25) is 0 Å². The normalized spacial score (nSPS) is 17.0. The highest BCUT2D eigenvalue weighted by Gasteiger charge is 2.39. The van der Waals surface area contributed by atoms with E-state index in [1.54, 1.807) is 12.4 Å². The number of pyridine rings is 1. The number of hydrogen-bond donors (Lipinski definition) is 1. The Kier molecular flexibility index (Phi) is 7.90. The van der Waals surface area contributed by atoms with Crippen molar-refractivity contribution in [1.82, 2.24) is 19.8 Å². The van der Waals surface area contributed by atoms with Crippen molar-refractivity contribution in [1.29, 1.82) is 0 Å². The van der Waals surface area contributed by atoms with E-state index in [4.69, 9.17) is 0 Å². The van der Waals surface area contributed by atoms with Crippen LogP contribution in [0.15, 0.2) is 79.3 Å². The molecule has 1 N–H and O–H groups in total. The molecule has 4 aromatic rings. The first-order chi connectivity index (χ1) is 19.5. The molecule has 0 bridgehead atoms. The summed E-state index contributed by atoms with van der Waals surface area (Å²) < 4.78 is 81.0. The highest BCUT2D eigenvalue weighted by molar-refractivity contribution is 5.95. The first-order valence-corrected chi connectivity index (χ1v) is 12.9. The summed E-state index contributed by atoms with van der Waals surface area (Å²) in [6, 6.07) is 11.8. The third-order valence-electron chi connectivity index (χ3n) is 7.15. The van der Waals surface area contributed by atoms with Gasteiger partial charge in [0, 0.05) is 67.3 Å². The van der Waals surface area contributed by atoms with Crippen LogP contribution in [0.4, 0.5) is 26.3 Å². The van der Waals surface area contributed by atoms with Gasteiger partial charge in [-0.25, -0.2) is 0 Å². The second-order valence-corrected chi connectivity index (χ2v) is 9.96. The summed E-state index contributed by atoms with van der Waals surface area (Å²) in [7, 11) is 0. The number of halogens is 6. The van der Waals surface area contributed by atoms with E-state index < -0.39 is 41.0 Å². The Balaban J connectivity index is 1.44. The molecule has 0 aliphatic carbocycles. The molecular formula is C30H26F6N4O. The molecule has 214 valence electrons. The van der Waals surface area contributed by atoms with Gasteiger partial charge in [0.1, 0.15) is 0 Å². The number of amides is 1. The van der Waals surface area contributed by atoms with E-state index in [1.807, 2.05) is 54.7 Å². The Hall–Kier alpha value is -4.12. The number of nitrogens with one attached hydrogen (secondary N) is 1. The highest BCUT2D eigenvalue weighted by atomic mass is 19.4. The number of hydrogen-bond acceptors (Lipinski definition) is 3. The van der Waals surface area contributed by atoms with Crippen LogP contribution in [-0.2, 0) is 18.8 Å². The Bertz CT molecular complexity index is 1510. The fourth-order valence-electron chi connectivity index (χ4n) is 5.14. The van der Waals surface area contributed by atoms with Gasteiger partial charge in [-0.3, -0.25) is 14.7 Å². The fraction of sp³-hybridized carbons (Fsp3) is 0.267. The summed E-state index contributed by atoms with van der Waals surface area (Å²) in [5.74, 6) is -0.864. The summed E-state index contributed by atoms with van der Waals surface area (Å²) in [6.45, 7) is 1.47. The van der Waals surface area contributed by atoms with E-state index in [-0.39, 0.29) is 12.6 Å². The van der Waals surface area contributed by atoms with Gasteiger partial charge in [0.25, 0.3) is 5.91 Å². The zero-order valence-electron chi connectivity index (χ0n) is 21.7. The lowest BCUT2D eigenvalue weighted by Crippen LogP contribution is -2.56. The van der Waals surface area contributed by atoms with Crippen molar-refractivity contribution in [3.05, 3.63) is 107 Å². The minimum atomic E-state index is -5.04. The van der Waals surface area contributed by atoms with E-state index in [9.17, 15) is 31.1 Å². The number of carbonyl (C=O) groups excluding carboxylic acids is 1. The lowest BCUT2D eigenvalue weighted by Gasteiger charge is -2.41. The number of aromatic nitrogens is 2. The van der Waals surface area contributed by atoms with Crippen LogP contribution in [0, 0.1) is 0 Å². The molecule has 1 aliphatic heterocycles. The summed E-state index contributed by atoms with van der Waals surface area (Å²) in [4.78, 5) is 24.4. The number of H-pyrrole nitrogens is 1. The van der Waals surface area contributed by atoms with Crippen LogP contribution in [0.1, 0.15) is 32.6 Å². The quantitative estimate of drug-likeness (QED) is 0.262. The number of aromatic amines is 1. The minimum absolute atomic E-state index is 0.0345. The molecule has 2 aromatic heterocycles. The Morgan fingerprint density at radius 2 is 1.71 bits per heavy atom. The zero-order chi connectivity index (χ0) is 29.2. The molecule has 11 heteroatoms. The lowest BCUT2D eigenvalue weighted by atomic mass is 9.98. The van der Waals surface area contributed by atoms with Gasteiger partial charge in [0.15, 0.2) is 0 Å². The number of carbonyl (C=O) groups is 1. The first-order valence-electron chi connectivity index (χ1n) is 12.9. The van der Waals surface area contributed by atoms with Gasteiger partial charge in [-0.2, -0.15) is 26.3 Å². The molecule has 41 heavy (non-hydrogen) atoms. The molecule has 0 unspecified atom stereocenters. The van der Waals surface area contributed by atoms with Crippen molar-refractivity contribution >= 4 is 22.9 Å². The standard InChI is InChI=1S/C30H26F6N4O/c31-29(32,33)23-13-21(14-24(16-23)30(34,35)36)28(41)40-12-11-39(10-4-6-20-5-3-9-37-17-20)19-25(40)15-22-18-38-27-8-2-1-7-26(22)27/h1-9,13-14,16-18,25,38H,10-12,15,19H2/t25-/m1/s1. The molecule has 1 amide bonds. The second-order valence-electron chi connectivity index (χ2n) is 9.96. The number of alkyl halides is 6. The van der Waals surface area contributed by atoms with Crippen molar-refractivity contribution in [2.75, 3.05) is 26.2 Å². The van der Waals surface area contributed by atoms with Crippen molar-refractivity contribution in [2.45, 2.75) is 24.8 Å².